The number of fused-ring (bicyclic) bond motifs is 1. The number of amides is 1. The molecule has 0 saturated heterocycles. The van der Waals surface area contributed by atoms with Crippen LogP contribution in [0.2, 0.25) is 0 Å². The van der Waals surface area contributed by atoms with E-state index in [2.05, 4.69) is 17.1 Å². The maximum Gasteiger partial charge on any atom is 0.255 e. The number of carbonyl (C=O) groups excluding carboxylic acids is 1. The zero-order chi connectivity index (χ0) is 11.7. The van der Waals surface area contributed by atoms with Crippen molar-refractivity contribution in [3.05, 3.63) is 59.4 Å². The summed E-state index contributed by atoms with van der Waals surface area (Å²) >= 11 is 0. The molecule has 1 aromatic carbocycles. The number of nitrogens with one attached hydrogen (secondary N) is 1. The van der Waals surface area contributed by atoms with E-state index < -0.39 is 0 Å². The van der Waals surface area contributed by atoms with Crippen molar-refractivity contribution in [2.45, 2.75) is 13.0 Å². The summed E-state index contributed by atoms with van der Waals surface area (Å²) in [7, 11) is 0. The number of nitrogens with zero attached hydrogens (tertiary/aromatic N) is 1. The van der Waals surface area contributed by atoms with Crippen molar-refractivity contribution in [3.8, 4) is 0 Å². The number of aromatic amines is 1. The first-order chi connectivity index (χ1) is 8.34. The Balaban J connectivity index is 1.81. The van der Waals surface area contributed by atoms with Gasteiger partial charge in [-0.3, -0.25) is 4.79 Å². The van der Waals surface area contributed by atoms with Gasteiger partial charge in [-0.2, -0.15) is 0 Å². The maximum absolute atomic E-state index is 12.2. The minimum Gasteiger partial charge on any atom is -0.367 e. The highest BCUT2D eigenvalue weighted by Gasteiger charge is 2.24. The van der Waals surface area contributed by atoms with E-state index in [1.807, 2.05) is 29.3 Å². The van der Waals surface area contributed by atoms with Crippen molar-refractivity contribution in [2.24, 2.45) is 0 Å². The van der Waals surface area contributed by atoms with E-state index in [1.54, 1.807) is 6.20 Å². The number of benzene rings is 1. The van der Waals surface area contributed by atoms with Crippen molar-refractivity contribution in [1.82, 2.24) is 9.88 Å². The van der Waals surface area contributed by atoms with Gasteiger partial charge in [0, 0.05) is 25.5 Å². The Hall–Kier alpha value is -2.03. The second-order valence-electron chi connectivity index (χ2n) is 4.36. The Morgan fingerprint density at radius 1 is 1.18 bits per heavy atom. The fourth-order valence-corrected chi connectivity index (χ4v) is 2.28. The molecule has 0 unspecified atom stereocenters. The summed E-state index contributed by atoms with van der Waals surface area (Å²) < 4.78 is 0. The molecule has 0 fully saturated rings. The number of carbonyl (C=O) groups is 1. The molecule has 17 heavy (non-hydrogen) atoms. The molecule has 3 nitrogen and oxygen atoms in total. The van der Waals surface area contributed by atoms with Gasteiger partial charge in [0.05, 0.1) is 5.56 Å². The van der Waals surface area contributed by atoms with E-state index in [9.17, 15) is 4.79 Å². The first kappa shape index (κ1) is 10.1. The maximum atomic E-state index is 12.2. The minimum atomic E-state index is 0.136. The molecule has 1 N–H and O–H groups in total. The van der Waals surface area contributed by atoms with Crippen LogP contribution in [0.5, 0.6) is 0 Å². The molecule has 0 bridgehead atoms. The molecule has 3 heteroatoms. The van der Waals surface area contributed by atoms with E-state index >= 15 is 0 Å². The molecule has 0 saturated carbocycles. The zero-order valence-corrected chi connectivity index (χ0v) is 9.52. The molecule has 86 valence electrons. The van der Waals surface area contributed by atoms with Crippen LogP contribution >= 0.6 is 0 Å². The average molecular weight is 226 g/mol. The Labute approximate surface area is 100 Å². The van der Waals surface area contributed by atoms with E-state index in [-0.39, 0.29) is 5.91 Å². The van der Waals surface area contributed by atoms with Crippen molar-refractivity contribution < 1.29 is 4.79 Å². The predicted molar refractivity (Wildman–Crippen MR) is 65.7 cm³/mol. The third kappa shape index (κ3) is 1.84. The number of aromatic nitrogens is 1. The Bertz CT molecular complexity index is 530. The van der Waals surface area contributed by atoms with Crippen LogP contribution in [0.1, 0.15) is 21.5 Å². The van der Waals surface area contributed by atoms with Crippen molar-refractivity contribution in [3.63, 3.8) is 0 Å². The van der Waals surface area contributed by atoms with Crippen molar-refractivity contribution in [1.29, 1.82) is 0 Å². The standard InChI is InChI=1S/C14H14N2O/c17-14-13-9-15-8-12(13)6-7-16(14)10-11-4-2-1-3-5-11/h1-5,8-9,15H,6-7,10H2. The molecule has 2 aromatic rings. The summed E-state index contributed by atoms with van der Waals surface area (Å²) in [5.41, 5.74) is 3.14. The SMILES string of the molecule is O=C1c2c[nH]cc2CCN1Cc1ccccc1. The van der Waals surface area contributed by atoms with Crippen molar-refractivity contribution in [2.75, 3.05) is 6.54 Å². The molecule has 0 atom stereocenters. The van der Waals surface area contributed by atoms with Crippen LogP contribution in [0.25, 0.3) is 0 Å². The molecule has 1 amide bonds. The van der Waals surface area contributed by atoms with Crippen LogP contribution in [0.3, 0.4) is 0 Å². The van der Waals surface area contributed by atoms with E-state index in [0.29, 0.717) is 6.54 Å². The van der Waals surface area contributed by atoms with Crippen LogP contribution in [0, 0.1) is 0 Å². The molecule has 3 rings (SSSR count). The van der Waals surface area contributed by atoms with Gasteiger partial charge >= 0.3 is 0 Å². The molecule has 0 aliphatic carbocycles. The summed E-state index contributed by atoms with van der Waals surface area (Å²) in [6.07, 6.45) is 4.67. The van der Waals surface area contributed by atoms with Crippen LogP contribution in [0.4, 0.5) is 0 Å². The van der Waals surface area contributed by atoms with Gasteiger partial charge in [0.1, 0.15) is 0 Å². The second-order valence-corrected chi connectivity index (χ2v) is 4.36. The van der Waals surface area contributed by atoms with Crippen LogP contribution in [-0.2, 0) is 13.0 Å². The summed E-state index contributed by atoms with van der Waals surface area (Å²) in [6.45, 7) is 1.50. The molecule has 0 spiro atoms. The highest BCUT2D eigenvalue weighted by Crippen LogP contribution is 2.19. The summed E-state index contributed by atoms with van der Waals surface area (Å²) in [5, 5.41) is 0. The number of hydrogen-bond donors (Lipinski definition) is 1. The lowest BCUT2D eigenvalue weighted by molar-refractivity contribution is 0.0728. The first-order valence-electron chi connectivity index (χ1n) is 5.83. The highest BCUT2D eigenvalue weighted by molar-refractivity contribution is 5.96. The molecular formula is C14H14N2O. The largest absolute Gasteiger partial charge is 0.367 e. The molecular weight excluding hydrogens is 212 g/mol. The normalized spacial score (nSPS) is 14.8. The lowest BCUT2D eigenvalue weighted by Gasteiger charge is -2.26. The number of H-pyrrole nitrogens is 1. The molecule has 1 aromatic heterocycles. The van der Waals surface area contributed by atoms with Crippen molar-refractivity contribution >= 4 is 5.91 Å². The highest BCUT2D eigenvalue weighted by atomic mass is 16.2. The van der Waals surface area contributed by atoms with Gasteiger partial charge < -0.3 is 9.88 Å². The van der Waals surface area contributed by atoms with Crippen LogP contribution < -0.4 is 0 Å². The van der Waals surface area contributed by atoms with Crippen LogP contribution in [-0.4, -0.2) is 22.3 Å². The number of rotatable bonds is 2. The predicted octanol–water partition coefficient (Wildman–Crippen LogP) is 2.21. The van der Waals surface area contributed by atoms with Gasteiger partial charge in [0.15, 0.2) is 0 Å². The van der Waals surface area contributed by atoms with E-state index in [4.69, 9.17) is 0 Å². The fourth-order valence-electron chi connectivity index (χ4n) is 2.28. The summed E-state index contributed by atoms with van der Waals surface area (Å²) in [6, 6.07) is 10.1. The Morgan fingerprint density at radius 3 is 2.82 bits per heavy atom. The molecule has 1 aliphatic rings. The smallest absolute Gasteiger partial charge is 0.255 e. The van der Waals surface area contributed by atoms with Gasteiger partial charge in [-0.25, -0.2) is 0 Å². The minimum absolute atomic E-state index is 0.136. The number of hydrogen-bond acceptors (Lipinski definition) is 1. The fraction of sp³-hybridized carbons (Fsp3) is 0.214. The van der Waals surface area contributed by atoms with Crippen LogP contribution in [0.15, 0.2) is 42.7 Å². The first-order valence-corrected chi connectivity index (χ1v) is 5.83. The lowest BCUT2D eigenvalue weighted by atomic mass is 10.0. The summed E-state index contributed by atoms with van der Waals surface area (Å²) in [5.74, 6) is 0.136. The Kier molecular flexibility index (Phi) is 2.44. The topological polar surface area (TPSA) is 36.1 Å². The lowest BCUT2D eigenvalue weighted by Crippen LogP contribution is -2.36. The van der Waals surface area contributed by atoms with Gasteiger partial charge in [0.25, 0.3) is 5.91 Å². The zero-order valence-electron chi connectivity index (χ0n) is 9.52. The van der Waals surface area contributed by atoms with Gasteiger partial charge in [0.2, 0.25) is 0 Å². The quantitative estimate of drug-likeness (QED) is 0.837. The van der Waals surface area contributed by atoms with Gasteiger partial charge in [-0.15, -0.1) is 0 Å². The Morgan fingerprint density at radius 2 is 2.00 bits per heavy atom. The van der Waals surface area contributed by atoms with E-state index in [1.165, 1.54) is 5.56 Å². The second kappa shape index (κ2) is 4.09. The van der Waals surface area contributed by atoms with E-state index in [0.717, 1.165) is 24.1 Å². The third-order valence-corrected chi connectivity index (χ3v) is 3.22. The molecule has 0 radical (unpaired) electrons. The molecule has 2 heterocycles. The average Bonchev–Trinajstić information content (AvgIpc) is 2.83. The van der Waals surface area contributed by atoms with Gasteiger partial charge in [-0.05, 0) is 17.5 Å². The molecule has 1 aliphatic heterocycles. The monoisotopic (exact) mass is 226 g/mol. The van der Waals surface area contributed by atoms with Gasteiger partial charge in [-0.1, -0.05) is 30.3 Å². The summed E-state index contributed by atoms with van der Waals surface area (Å²) in [4.78, 5) is 17.1. The third-order valence-electron chi connectivity index (χ3n) is 3.22.